The molecule has 0 aliphatic carbocycles. The first-order chi connectivity index (χ1) is 9.41. The molecule has 0 fully saturated rings. The van der Waals surface area contributed by atoms with Crippen molar-refractivity contribution in [2.24, 2.45) is 0 Å². The van der Waals surface area contributed by atoms with Crippen molar-refractivity contribution < 1.29 is 4.79 Å². The highest BCUT2D eigenvalue weighted by atomic mass is 127. The summed E-state index contributed by atoms with van der Waals surface area (Å²) in [7, 11) is 0. The number of benzene rings is 1. The van der Waals surface area contributed by atoms with Crippen LogP contribution in [0.25, 0.3) is 0 Å². The molecule has 1 amide bonds. The average Bonchev–Trinajstić information content (AvgIpc) is 2.43. The fourth-order valence-corrected chi connectivity index (χ4v) is 2.72. The van der Waals surface area contributed by atoms with Gasteiger partial charge in [0, 0.05) is 3.57 Å². The van der Waals surface area contributed by atoms with Gasteiger partial charge >= 0.3 is 0 Å². The lowest BCUT2D eigenvalue weighted by Gasteiger charge is -2.10. The predicted octanol–water partition coefficient (Wildman–Crippen LogP) is 5.55. The van der Waals surface area contributed by atoms with E-state index in [-0.39, 0.29) is 25.9 Å². The minimum absolute atomic E-state index is 0.00115. The number of nitrogens with one attached hydrogen (secondary N) is 1. The van der Waals surface area contributed by atoms with Crippen molar-refractivity contribution in [2.45, 2.75) is 0 Å². The van der Waals surface area contributed by atoms with Gasteiger partial charge in [-0.2, -0.15) is 0 Å². The molecule has 8 heteroatoms. The van der Waals surface area contributed by atoms with E-state index in [1.165, 1.54) is 0 Å². The van der Waals surface area contributed by atoms with E-state index in [4.69, 9.17) is 46.4 Å². The van der Waals surface area contributed by atoms with Gasteiger partial charge in [0.2, 0.25) is 0 Å². The molecule has 0 saturated carbocycles. The number of nitrogens with zero attached hydrogens (tertiary/aromatic N) is 1. The lowest BCUT2D eigenvalue weighted by molar-refractivity contribution is 0.102. The standard InChI is InChI=1S/C12H5Cl4IN2O/c13-7-8(14)10(19-11(16)9(7)15)12(20)18-6-4-2-1-3-5(6)17/h1-4H,(H,18,20). The normalized spacial score (nSPS) is 10.4. The predicted molar refractivity (Wildman–Crippen MR) is 91.4 cm³/mol. The summed E-state index contributed by atoms with van der Waals surface area (Å²) < 4.78 is 0.876. The molecule has 104 valence electrons. The van der Waals surface area contributed by atoms with E-state index >= 15 is 0 Å². The molecule has 0 unspecified atom stereocenters. The Labute approximate surface area is 148 Å². The van der Waals surface area contributed by atoms with Crippen LogP contribution in [0.3, 0.4) is 0 Å². The maximum absolute atomic E-state index is 12.2. The first kappa shape index (κ1) is 16.1. The molecule has 0 radical (unpaired) electrons. The molecule has 0 aliphatic rings. The number of hydrogen-bond acceptors (Lipinski definition) is 2. The Bertz CT molecular complexity index is 693. The molecular formula is C12H5Cl4IN2O. The first-order valence-electron chi connectivity index (χ1n) is 5.17. The Morgan fingerprint density at radius 1 is 1.05 bits per heavy atom. The number of rotatable bonds is 2. The van der Waals surface area contributed by atoms with Crippen LogP contribution in [0.4, 0.5) is 5.69 Å². The van der Waals surface area contributed by atoms with Gasteiger partial charge in [0.1, 0.15) is 10.8 Å². The minimum Gasteiger partial charge on any atom is -0.320 e. The topological polar surface area (TPSA) is 42.0 Å². The zero-order chi connectivity index (χ0) is 14.9. The van der Waals surface area contributed by atoms with Crippen LogP contribution in [0.2, 0.25) is 20.2 Å². The summed E-state index contributed by atoms with van der Waals surface area (Å²) in [6.45, 7) is 0. The van der Waals surface area contributed by atoms with Gasteiger partial charge in [-0.25, -0.2) is 4.98 Å². The quantitative estimate of drug-likeness (QED) is 0.470. The van der Waals surface area contributed by atoms with Gasteiger partial charge in [-0.3, -0.25) is 4.79 Å². The maximum atomic E-state index is 12.2. The second kappa shape index (κ2) is 6.66. The Kier molecular flexibility index (Phi) is 5.36. The van der Waals surface area contributed by atoms with E-state index < -0.39 is 5.91 Å². The molecule has 0 bridgehead atoms. The molecule has 1 aromatic carbocycles. The average molecular weight is 462 g/mol. The van der Waals surface area contributed by atoms with E-state index in [2.05, 4.69) is 32.9 Å². The fraction of sp³-hybridized carbons (Fsp3) is 0. The van der Waals surface area contributed by atoms with Crippen molar-refractivity contribution in [3.05, 3.63) is 53.8 Å². The molecule has 2 aromatic rings. The van der Waals surface area contributed by atoms with E-state index in [0.717, 1.165) is 3.57 Å². The highest BCUT2D eigenvalue weighted by Gasteiger charge is 2.20. The lowest BCUT2D eigenvalue weighted by atomic mass is 10.3. The summed E-state index contributed by atoms with van der Waals surface area (Å²) in [4.78, 5) is 16.0. The van der Waals surface area contributed by atoms with Crippen molar-refractivity contribution in [1.82, 2.24) is 4.98 Å². The third kappa shape index (κ3) is 3.31. The van der Waals surface area contributed by atoms with Crippen molar-refractivity contribution in [1.29, 1.82) is 0 Å². The largest absolute Gasteiger partial charge is 0.320 e. The van der Waals surface area contributed by atoms with E-state index in [1.54, 1.807) is 12.1 Å². The van der Waals surface area contributed by atoms with Crippen LogP contribution in [-0.4, -0.2) is 10.9 Å². The molecule has 20 heavy (non-hydrogen) atoms. The number of amides is 1. The molecule has 1 heterocycles. The minimum atomic E-state index is -0.514. The monoisotopic (exact) mass is 460 g/mol. The highest BCUT2D eigenvalue weighted by molar-refractivity contribution is 14.1. The van der Waals surface area contributed by atoms with Crippen LogP contribution in [0.5, 0.6) is 0 Å². The number of carbonyl (C=O) groups excluding carboxylic acids is 1. The maximum Gasteiger partial charge on any atom is 0.275 e. The number of aromatic nitrogens is 1. The lowest BCUT2D eigenvalue weighted by Crippen LogP contribution is -2.15. The van der Waals surface area contributed by atoms with Crippen LogP contribution in [0.15, 0.2) is 24.3 Å². The summed E-state index contributed by atoms with van der Waals surface area (Å²) in [6.07, 6.45) is 0. The SMILES string of the molecule is O=C(Nc1ccccc1I)c1nc(Cl)c(Cl)c(Cl)c1Cl. The van der Waals surface area contributed by atoms with Crippen molar-refractivity contribution >= 4 is 80.6 Å². The van der Waals surface area contributed by atoms with E-state index in [9.17, 15) is 4.79 Å². The summed E-state index contributed by atoms with van der Waals surface area (Å²) in [5.41, 5.74) is 0.559. The molecule has 0 saturated heterocycles. The Morgan fingerprint density at radius 2 is 1.70 bits per heavy atom. The van der Waals surface area contributed by atoms with E-state index in [0.29, 0.717) is 5.69 Å². The van der Waals surface area contributed by atoms with Gasteiger partial charge in [-0.05, 0) is 34.7 Å². The van der Waals surface area contributed by atoms with Gasteiger partial charge < -0.3 is 5.32 Å². The number of anilines is 1. The van der Waals surface area contributed by atoms with Crippen LogP contribution >= 0.6 is 69.0 Å². The molecule has 3 nitrogen and oxygen atoms in total. The molecule has 1 aromatic heterocycles. The van der Waals surface area contributed by atoms with Gasteiger partial charge in [0.25, 0.3) is 5.91 Å². The highest BCUT2D eigenvalue weighted by Crippen LogP contribution is 2.36. The number of para-hydroxylation sites is 1. The Hall–Kier alpha value is -0.270. The molecular weight excluding hydrogens is 457 g/mol. The summed E-state index contributed by atoms with van der Waals surface area (Å²) >= 11 is 25.6. The van der Waals surface area contributed by atoms with Crippen molar-refractivity contribution in [2.75, 3.05) is 5.32 Å². The van der Waals surface area contributed by atoms with Gasteiger partial charge in [-0.15, -0.1) is 0 Å². The van der Waals surface area contributed by atoms with Crippen molar-refractivity contribution in [3.8, 4) is 0 Å². The summed E-state index contributed by atoms with van der Waals surface area (Å²) in [6, 6.07) is 7.27. The molecule has 0 aliphatic heterocycles. The van der Waals surface area contributed by atoms with Crippen molar-refractivity contribution in [3.63, 3.8) is 0 Å². The molecule has 0 atom stereocenters. The van der Waals surface area contributed by atoms with Gasteiger partial charge in [0.05, 0.1) is 20.8 Å². The zero-order valence-electron chi connectivity index (χ0n) is 9.55. The van der Waals surface area contributed by atoms with E-state index in [1.807, 2.05) is 12.1 Å². The van der Waals surface area contributed by atoms with Crippen LogP contribution in [0.1, 0.15) is 10.5 Å². The smallest absolute Gasteiger partial charge is 0.275 e. The zero-order valence-corrected chi connectivity index (χ0v) is 14.7. The third-order valence-corrected chi connectivity index (χ3v) is 4.94. The molecule has 2 rings (SSSR count). The van der Waals surface area contributed by atoms with Crippen LogP contribution in [-0.2, 0) is 0 Å². The second-order valence-corrected chi connectivity index (χ2v) is 6.28. The summed E-state index contributed by atoms with van der Waals surface area (Å²) in [5, 5.41) is 2.59. The fourth-order valence-electron chi connectivity index (χ4n) is 1.38. The second-order valence-electron chi connectivity index (χ2n) is 3.63. The van der Waals surface area contributed by atoms with Crippen LogP contribution in [0, 0.1) is 3.57 Å². The van der Waals surface area contributed by atoms with Gasteiger partial charge in [-0.1, -0.05) is 58.5 Å². The number of carbonyl (C=O) groups is 1. The number of pyridine rings is 1. The molecule has 0 spiro atoms. The summed E-state index contributed by atoms with van der Waals surface area (Å²) in [5.74, 6) is -0.514. The van der Waals surface area contributed by atoms with Gasteiger partial charge in [0.15, 0.2) is 0 Å². The Morgan fingerprint density at radius 3 is 2.35 bits per heavy atom. The number of halogens is 5. The Balaban J connectivity index is 2.38. The third-order valence-electron chi connectivity index (χ3n) is 2.32. The molecule has 1 N–H and O–H groups in total. The first-order valence-corrected chi connectivity index (χ1v) is 7.76. The van der Waals surface area contributed by atoms with Crippen LogP contribution < -0.4 is 5.32 Å². The number of hydrogen-bond donors (Lipinski definition) is 1.